The van der Waals surface area contributed by atoms with E-state index in [4.69, 9.17) is 30.6 Å². The molecule has 0 aliphatic heterocycles. The van der Waals surface area contributed by atoms with Gasteiger partial charge in [-0.05, 0) is 63.7 Å². The van der Waals surface area contributed by atoms with E-state index in [0.717, 1.165) is 71.7 Å². The summed E-state index contributed by atoms with van der Waals surface area (Å²) < 4.78 is 53.8. The third-order valence-corrected chi connectivity index (χ3v) is 10.3. The summed E-state index contributed by atoms with van der Waals surface area (Å²) in [6.07, 6.45) is 0. The van der Waals surface area contributed by atoms with Gasteiger partial charge in [0.25, 0.3) is 0 Å². The highest BCUT2D eigenvalue weighted by atomic mass is 16.3. The van der Waals surface area contributed by atoms with Crippen molar-refractivity contribution < 1.29 is 15.7 Å². The van der Waals surface area contributed by atoms with Crippen molar-refractivity contribution in [3.63, 3.8) is 0 Å². The maximum Gasteiger partial charge on any atom is 0.167 e. The van der Waals surface area contributed by atoms with Crippen molar-refractivity contribution in [2.75, 3.05) is 0 Å². The summed E-state index contributed by atoms with van der Waals surface area (Å²) in [6.45, 7) is 0. The number of aromatic nitrogens is 3. The molecule has 0 aliphatic rings. The highest BCUT2D eigenvalue weighted by Gasteiger charge is 2.20. The second-order valence-corrected chi connectivity index (χ2v) is 13.6. The van der Waals surface area contributed by atoms with Crippen molar-refractivity contribution in [3.8, 4) is 67.5 Å². The average Bonchev–Trinajstić information content (AvgIpc) is 3.89. The summed E-state index contributed by atoms with van der Waals surface area (Å²) in [4.78, 5) is 15.1. The predicted octanol–water partition coefficient (Wildman–Crippen LogP) is 13.7. The van der Waals surface area contributed by atoms with Crippen molar-refractivity contribution in [1.82, 2.24) is 15.0 Å². The molecule has 0 N–H and O–H groups in total. The number of hydrogen-bond acceptors (Lipinski definition) is 5. The highest BCUT2D eigenvalue weighted by Crippen LogP contribution is 2.39. The number of nitrogens with zero attached hydrogens (tertiary/aromatic N) is 3. The van der Waals surface area contributed by atoms with E-state index in [1.807, 2.05) is 97.1 Å². The lowest BCUT2D eigenvalue weighted by molar-refractivity contribution is 0.669. The Morgan fingerprint density at radius 3 is 1.46 bits per heavy atom. The zero-order valence-electron chi connectivity index (χ0n) is 34.7. The van der Waals surface area contributed by atoms with Crippen LogP contribution in [0.1, 0.15) is 6.85 Å². The number of furan rings is 2. The Kier molecular flexibility index (Phi) is 6.29. The Morgan fingerprint density at radius 2 is 0.821 bits per heavy atom. The maximum atomic E-state index is 8.35. The van der Waals surface area contributed by atoms with Gasteiger partial charge in [-0.2, -0.15) is 0 Å². The van der Waals surface area contributed by atoms with Gasteiger partial charge in [0.15, 0.2) is 17.5 Å². The topological polar surface area (TPSA) is 65.0 Å². The van der Waals surface area contributed by atoms with E-state index in [-0.39, 0.29) is 29.7 Å². The molecule has 0 fully saturated rings. The van der Waals surface area contributed by atoms with E-state index < -0.39 is 6.04 Å². The summed E-state index contributed by atoms with van der Waals surface area (Å²) in [5, 5.41) is 3.94. The van der Waals surface area contributed by atoms with Crippen LogP contribution in [0.3, 0.4) is 0 Å². The monoisotopic (exact) mass is 722 g/mol. The average molecular weight is 723 g/mol. The molecule has 11 rings (SSSR count). The first kappa shape index (κ1) is 27.0. The van der Waals surface area contributed by atoms with Crippen molar-refractivity contribution in [2.45, 2.75) is 0 Å². The third kappa shape index (κ3) is 5.45. The van der Waals surface area contributed by atoms with E-state index in [9.17, 15) is 0 Å². The molecule has 0 spiro atoms. The van der Waals surface area contributed by atoms with Crippen LogP contribution in [0.25, 0.3) is 111 Å². The smallest absolute Gasteiger partial charge is 0.167 e. The van der Waals surface area contributed by atoms with Crippen LogP contribution in [0.15, 0.2) is 197 Å². The van der Waals surface area contributed by atoms with Crippen LogP contribution in [-0.2, 0) is 0 Å². The second-order valence-electron chi connectivity index (χ2n) is 13.6. The van der Waals surface area contributed by atoms with Gasteiger partial charge in [-0.3, -0.25) is 0 Å². The standard InChI is InChI=1S/C51H31N3O2/c1-3-11-32(12-4-1)33-21-23-34(24-22-33)35-25-27-36(28-26-35)38-29-30-40-42-17-10-19-44(48(42)56-46(40)31-38)51-53-49(37-13-5-2-6-14-37)52-50(54-51)43-18-9-16-41-39-15-7-8-20-45(39)55-47(41)43/h1-31H/i1D,3D,4D,11D,12D. The Balaban J connectivity index is 0.957. The molecule has 0 amide bonds. The zero-order valence-corrected chi connectivity index (χ0v) is 29.7. The van der Waals surface area contributed by atoms with E-state index in [0.29, 0.717) is 34.2 Å². The van der Waals surface area contributed by atoms with Crippen LogP contribution in [0, 0.1) is 0 Å². The summed E-state index contributed by atoms with van der Waals surface area (Å²) >= 11 is 0. The van der Waals surface area contributed by atoms with E-state index in [1.165, 1.54) is 0 Å². The third-order valence-electron chi connectivity index (χ3n) is 10.3. The minimum atomic E-state index is -0.402. The largest absolute Gasteiger partial charge is 0.455 e. The molecular formula is C51H31N3O2. The Morgan fingerprint density at radius 1 is 0.339 bits per heavy atom. The maximum absolute atomic E-state index is 8.35. The number of rotatable bonds is 6. The fourth-order valence-electron chi connectivity index (χ4n) is 7.49. The molecule has 56 heavy (non-hydrogen) atoms. The SMILES string of the molecule is [2H]c1c([2H])c([2H])c(-c2ccc(-c3ccc(-c4ccc5c(c4)oc4c(-c6nc(-c7ccccc7)nc(-c7cccc8c7oc7ccccc78)n6)cccc45)cc3)cc2)c([2H])c1[2H]. The molecule has 0 atom stereocenters. The predicted molar refractivity (Wildman–Crippen MR) is 227 cm³/mol. The number of hydrogen-bond donors (Lipinski definition) is 0. The van der Waals surface area contributed by atoms with Gasteiger partial charge in [0.2, 0.25) is 0 Å². The highest BCUT2D eigenvalue weighted by molar-refractivity contribution is 6.11. The van der Waals surface area contributed by atoms with Gasteiger partial charge in [0, 0.05) is 27.1 Å². The molecule has 0 radical (unpaired) electrons. The van der Waals surface area contributed by atoms with Gasteiger partial charge in [-0.1, -0.05) is 158 Å². The fourth-order valence-corrected chi connectivity index (χ4v) is 7.49. The van der Waals surface area contributed by atoms with Crippen LogP contribution in [0.4, 0.5) is 0 Å². The van der Waals surface area contributed by atoms with E-state index >= 15 is 0 Å². The lowest BCUT2D eigenvalue weighted by atomic mass is 9.97. The Hall–Kier alpha value is -7.63. The molecule has 5 nitrogen and oxygen atoms in total. The van der Waals surface area contributed by atoms with Gasteiger partial charge < -0.3 is 8.83 Å². The lowest BCUT2D eigenvalue weighted by Gasteiger charge is -2.09. The van der Waals surface area contributed by atoms with E-state index in [2.05, 4.69) is 48.5 Å². The quantitative estimate of drug-likeness (QED) is 0.171. The molecule has 3 heterocycles. The summed E-state index contributed by atoms with van der Waals surface area (Å²) in [5.74, 6) is 1.52. The van der Waals surface area contributed by atoms with Gasteiger partial charge >= 0.3 is 0 Å². The van der Waals surface area contributed by atoms with Crippen LogP contribution < -0.4 is 0 Å². The van der Waals surface area contributed by atoms with Crippen LogP contribution in [-0.4, -0.2) is 15.0 Å². The van der Waals surface area contributed by atoms with Crippen molar-refractivity contribution >= 4 is 43.9 Å². The van der Waals surface area contributed by atoms with Crippen molar-refractivity contribution in [2.24, 2.45) is 0 Å². The first-order valence-electron chi connectivity index (χ1n) is 20.8. The molecule has 11 aromatic rings. The second kappa shape index (κ2) is 13.0. The molecule has 262 valence electrons. The first-order valence-corrected chi connectivity index (χ1v) is 18.3. The normalized spacial score (nSPS) is 12.8. The number of fused-ring (bicyclic) bond motifs is 6. The molecule has 0 aliphatic carbocycles. The fraction of sp³-hybridized carbons (Fsp3) is 0. The summed E-state index contributed by atoms with van der Waals surface area (Å²) in [5.41, 5.74) is 9.97. The van der Waals surface area contributed by atoms with Gasteiger partial charge in [-0.15, -0.1) is 0 Å². The molecule has 8 aromatic carbocycles. The van der Waals surface area contributed by atoms with Crippen LogP contribution >= 0.6 is 0 Å². The molecule has 5 heteroatoms. The minimum absolute atomic E-state index is 0.188. The van der Waals surface area contributed by atoms with Crippen LogP contribution in [0.2, 0.25) is 0 Å². The first-order chi connectivity index (χ1) is 29.8. The molecule has 0 saturated carbocycles. The Bertz CT molecular complexity index is 3500. The number of para-hydroxylation sites is 3. The molecule has 0 bridgehead atoms. The van der Waals surface area contributed by atoms with Crippen LogP contribution in [0.5, 0.6) is 0 Å². The zero-order chi connectivity index (χ0) is 41.4. The summed E-state index contributed by atoms with van der Waals surface area (Å²) in [7, 11) is 0. The minimum Gasteiger partial charge on any atom is -0.455 e. The molecule has 0 saturated heterocycles. The van der Waals surface area contributed by atoms with Crippen molar-refractivity contribution in [3.05, 3.63) is 188 Å². The van der Waals surface area contributed by atoms with Gasteiger partial charge in [-0.25, -0.2) is 15.0 Å². The Labute approximate surface area is 329 Å². The lowest BCUT2D eigenvalue weighted by Crippen LogP contribution is -2.00. The van der Waals surface area contributed by atoms with Gasteiger partial charge in [0.1, 0.15) is 22.3 Å². The van der Waals surface area contributed by atoms with E-state index in [1.54, 1.807) is 12.1 Å². The summed E-state index contributed by atoms with van der Waals surface area (Å²) in [6, 6.07) is 50.3. The van der Waals surface area contributed by atoms with Gasteiger partial charge in [0.05, 0.1) is 18.0 Å². The molecule has 3 aromatic heterocycles. The molecular weight excluding hydrogens is 687 g/mol. The number of benzene rings is 8. The molecule has 0 unspecified atom stereocenters. The van der Waals surface area contributed by atoms with Crippen molar-refractivity contribution in [1.29, 1.82) is 0 Å².